The summed E-state index contributed by atoms with van der Waals surface area (Å²) in [5.74, 6) is 0.309. The number of fused-ring (bicyclic) bond motifs is 2. The van der Waals surface area contributed by atoms with Crippen LogP contribution in [0, 0.1) is 38.5 Å². The molecule has 0 aromatic heterocycles. The lowest BCUT2D eigenvalue weighted by Crippen LogP contribution is -2.41. The lowest BCUT2D eigenvalue weighted by molar-refractivity contribution is -0.118. The van der Waals surface area contributed by atoms with E-state index in [1.165, 1.54) is 48.1 Å². The smallest absolute Gasteiger partial charge is 0.339 e. The van der Waals surface area contributed by atoms with Crippen LogP contribution in [0.25, 0.3) is 0 Å². The Bertz CT molecular complexity index is 1080. The number of carboxylic acid groups (broad SMARTS) is 1. The van der Waals surface area contributed by atoms with Crippen LogP contribution >= 0.6 is 11.9 Å². The highest BCUT2D eigenvalue weighted by Crippen LogP contribution is 2.48. The highest BCUT2D eigenvalue weighted by Gasteiger charge is 2.41. The minimum atomic E-state index is -1.19. The van der Waals surface area contributed by atoms with E-state index in [4.69, 9.17) is 0 Å². The molecule has 2 aliphatic carbocycles. The summed E-state index contributed by atoms with van der Waals surface area (Å²) in [5, 5.41) is 19.6. The third-order valence-corrected chi connectivity index (χ3v) is 8.60. The van der Waals surface area contributed by atoms with Crippen molar-refractivity contribution in [3.05, 3.63) is 52.6 Å². The first kappa shape index (κ1) is 24.6. The number of nitrogens with zero attached hydrogens (tertiary/aromatic N) is 2. The highest BCUT2D eigenvalue weighted by atomic mass is 32.2. The monoisotopic (exact) mass is 482 g/mol. The zero-order valence-electron chi connectivity index (χ0n) is 20.4. The first-order valence-electron chi connectivity index (χ1n) is 12.0. The molecule has 3 atom stereocenters. The second-order valence-electron chi connectivity index (χ2n) is 10.1. The molecule has 2 aromatic carbocycles. The summed E-state index contributed by atoms with van der Waals surface area (Å²) in [4.78, 5) is 27.8. The maximum atomic E-state index is 13.6. The minimum absolute atomic E-state index is 0.0531. The van der Waals surface area contributed by atoms with E-state index in [0.717, 1.165) is 17.2 Å². The predicted octanol–water partition coefficient (Wildman–Crippen LogP) is 5.42. The van der Waals surface area contributed by atoms with Gasteiger partial charge in [0.15, 0.2) is 0 Å². The van der Waals surface area contributed by atoms with E-state index >= 15 is 0 Å². The van der Waals surface area contributed by atoms with Crippen LogP contribution in [0.15, 0.2) is 35.2 Å². The number of benzene rings is 2. The number of anilines is 1. The molecule has 0 aliphatic heterocycles. The van der Waals surface area contributed by atoms with E-state index in [1.54, 1.807) is 22.9 Å². The van der Waals surface area contributed by atoms with Crippen molar-refractivity contribution < 1.29 is 19.8 Å². The van der Waals surface area contributed by atoms with Crippen LogP contribution in [0.1, 0.15) is 52.7 Å². The van der Waals surface area contributed by atoms with E-state index in [1.807, 2.05) is 11.4 Å². The molecule has 0 saturated heterocycles. The van der Waals surface area contributed by atoms with Gasteiger partial charge in [0.2, 0.25) is 5.91 Å². The van der Waals surface area contributed by atoms with Gasteiger partial charge in [0, 0.05) is 23.2 Å². The van der Waals surface area contributed by atoms with E-state index in [2.05, 4.69) is 32.9 Å². The molecule has 0 spiro atoms. The summed E-state index contributed by atoms with van der Waals surface area (Å²) in [6.07, 6.45) is 4.90. The molecule has 1 amide bonds. The summed E-state index contributed by atoms with van der Waals surface area (Å²) < 4.78 is 1.95. The molecule has 2 fully saturated rings. The Balaban J connectivity index is 1.54. The zero-order chi connectivity index (χ0) is 24.6. The van der Waals surface area contributed by atoms with E-state index in [-0.39, 0.29) is 23.8 Å². The van der Waals surface area contributed by atoms with Crippen molar-refractivity contribution in [3.8, 4) is 5.75 Å². The van der Waals surface area contributed by atoms with Crippen molar-refractivity contribution in [2.45, 2.75) is 51.3 Å². The fourth-order valence-corrected chi connectivity index (χ4v) is 6.72. The van der Waals surface area contributed by atoms with Crippen LogP contribution in [-0.4, -0.2) is 46.5 Å². The third kappa shape index (κ3) is 5.26. The lowest BCUT2D eigenvalue weighted by atomic mass is 9.88. The molecule has 2 aromatic rings. The summed E-state index contributed by atoms with van der Waals surface area (Å²) in [7, 11) is 1.92. The number of carbonyl (C=O) groups is 2. The fraction of sp³-hybridized carbons (Fsp3) is 0.481. The lowest BCUT2D eigenvalue weighted by Gasteiger charge is -2.31. The number of aromatic carboxylic acids is 1. The van der Waals surface area contributed by atoms with Gasteiger partial charge >= 0.3 is 5.97 Å². The molecule has 3 unspecified atom stereocenters. The topological polar surface area (TPSA) is 81.1 Å². The van der Waals surface area contributed by atoms with Gasteiger partial charge in [0.05, 0.1) is 6.54 Å². The Kier molecular flexibility index (Phi) is 7.24. The predicted molar refractivity (Wildman–Crippen MR) is 135 cm³/mol. The molecular formula is C27H34N2O4S. The number of carboxylic acids is 1. The first-order valence-corrected chi connectivity index (χ1v) is 12.7. The molecule has 34 heavy (non-hydrogen) atoms. The number of phenols is 1. The van der Waals surface area contributed by atoms with Gasteiger partial charge in [-0.3, -0.25) is 4.79 Å². The van der Waals surface area contributed by atoms with Gasteiger partial charge in [-0.25, -0.2) is 9.10 Å². The summed E-state index contributed by atoms with van der Waals surface area (Å²) in [6, 6.07) is 8.73. The van der Waals surface area contributed by atoms with Gasteiger partial charge in [-0.05, 0) is 100 Å². The number of likely N-dealkylation sites (N-methyl/N-ethyl adjacent to an activating group) is 1. The number of carbonyl (C=O) groups excluding carboxylic acids is 1. The van der Waals surface area contributed by atoms with E-state index in [0.29, 0.717) is 24.1 Å². The highest BCUT2D eigenvalue weighted by molar-refractivity contribution is 7.97. The summed E-state index contributed by atoms with van der Waals surface area (Å²) in [5.41, 5.74) is 4.00. The normalized spacial score (nSPS) is 21.3. The van der Waals surface area contributed by atoms with Gasteiger partial charge in [-0.15, -0.1) is 0 Å². The van der Waals surface area contributed by atoms with Crippen LogP contribution in [0.4, 0.5) is 5.69 Å². The van der Waals surface area contributed by atoms with Gasteiger partial charge in [-0.1, -0.05) is 24.1 Å². The van der Waals surface area contributed by atoms with Crippen molar-refractivity contribution in [3.63, 3.8) is 0 Å². The number of aromatic hydroxyl groups is 1. The van der Waals surface area contributed by atoms with Crippen molar-refractivity contribution in [2.75, 3.05) is 25.0 Å². The van der Waals surface area contributed by atoms with Gasteiger partial charge < -0.3 is 15.1 Å². The third-order valence-electron chi connectivity index (χ3n) is 7.34. The number of rotatable bonds is 8. The molecule has 6 nitrogen and oxygen atoms in total. The zero-order valence-corrected chi connectivity index (χ0v) is 21.2. The van der Waals surface area contributed by atoms with Crippen LogP contribution in [0.5, 0.6) is 5.75 Å². The minimum Gasteiger partial charge on any atom is -0.507 e. The molecule has 2 N–H and O–H groups in total. The molecule has 2 saturated carbocycles. The summed E-state index contributed by atoms with van der Waals surface area (Å²) in [6.45, 7) is 7.07. The Labute approximate surface area is 206 Å². The number of aryl methyl sites for hydroxylation is 3. The number of hydrogen-bond donors (Lipinski definition) is 2. The number of hydrogen-bond acceptors (Lipinski definition) is 5. The maximum Gasteiger partial charge on any atom is 0.339 e. The largest absolute Gasteiger partial charge is 0.507 e. The summed E-state index contributed by atoms with van der Waals surface area (Å²) >= 11 is 1.57. The fourth-order valence-electron chi connectivity index (χ4n) is 5.83. The average Bonchev–Trinajstić information content (AvgIpc) is 3.37. The standard InChI is InChI=1S/C27H34N2O4S/c1-16-9-17(2)26(18(3)10-16)34-28(4)15-25(31)29(14-21-12-19-5-6-20(21)11-19)22-7-8-23(27(32)33)24(30)13-22/h7-10,13,19-21,30H,5-6,11-12,14-15H2,1-4H3,(H,32,33). The van der Waals surface area contributed by atoms with Crippen LogP contribution < -0.4 is 4.90 Å². The Morgan fingerprint density at radius 3 is 2.32 bits per heavy atom. The van der Waals surface area contributed by atoms with Crippen molar-refractivity contribution >= 4 is 29.5 Å². The van der Waals surface area contributed by atoms with E-state index < -0.39 is 5.97 Å². The van der Waals surface area contributed by atoms with Crippen molar-refractivity contribution in [2.24, 2.45) is 17.8 Å². The quantitative estimate of drug-likeness (QED) is 0.489. The van der Waals surface area contributed by atoms with Crippen molar-refractivity contribution in [1.29, 1.82) is 0 Å². The molecule has 4 rings (SSSR count). The Morgan fingerprint density at radius 2 is 1.76 bits per heavy atom. The first-order chi connectivity index (χ1) is 16.1. The SMILES string of the molecule is Cc1cc(C)c(SN(C)CC(=O)N(CC2CC3CCC2C3)c2ccc(C(=O)O)c(O)c2)c(C)c1. The maximum absolute atomic E-state index is 13.6. The molecule has 0 radical (unpaired) electrons. The van der Waals surface area contributed by atoms with Crippen LogP contribution in [-0.2, 0) is 4.79 Å². The van der Waals surface area contributed by atoms with Crippen LogP contribution in [0.2, 0.25) is 0 Å². The van der Waals surface area contributed by atoms with E-state index in [9.17, 15) is 19.8 Å². The Morgan fingerprint density at radius 1 is 1.06 bits per heavy atom. The Hall–Kier alpha value is -2.51. The molecule has 182 valence electrons. The molecular weight excluding hydrogens is 448 g/mol. The van der Waals surface area contributed by atoms with Gasteiger partial charge in [0.25, 0.3) is 0 Å². The van der Waals surface area contributed by atoms with Crippen LogP contribution in [0.3, 0.4) is 0 Å². The van der Waals surface area contributed by atoms with Gasteiger partial charge in [-0.2, -0.15) is 0 Å². The average molecular weight is 483 g/mol. The molecule has 2 bridgehead atoms. The second-order valence-corrected chi connectivity index (χ2v) is 11.3. The molecule has 0 heterocycles. The van der Waals surface area contributed by atoms with Crippen molar-refractivity contribution in [1.82, 2.24) is 4.31 Å². The number of amides is 1. The van der Waals surface area contributed by atoms with Gasteiger partial charge in [0.1, 0.15) is 11.3 Å². The molecule has 2 aliphatic rings. The molecule has 7 heteroatoms. The second kappa shape index (κ2) is 10.0.